The Kier molecular flexibility index (Phi) is 9.11. The molecule has 2 heteroatoms. The molecule has 306 valence electrons. The quantitative estimate of drug-likeness (QED) is 0.156. The largest absolute Gasteiger partial charge is 0.309 e. The molecule has 0 amide bonds. The molecule has 0 radical (unpaired) electrons. The van der Waals surface area contributed by atoms with Gasteiger partial charge in [0.15, 0.2) is 0 Å². The van der Waals surface area contributed by atoms with Gasteiger partial charge in [-0.1, -0.05) is 167 Å². The van der Waals surface area contributed by atoms with E-state index < -0.39 is 0 Å². The van der Waals surface area contributed by atoms with Crippen LogP contribution in [0.3, 0.4) is 0 Å². The van der Waals surface area contributed by atoms with Gasteiger partial charge < -0.3 is 9.47 Å². The molecule has 3 aliphatic carbocycles. The van der Waals surface area contributed by atoms with Crippen LogP contribution in [0.2, 0.25) is 0 Å². The van der Waals surface area contributed by atoms with Gasteiger partial charge >= 0.3 is 0 Å². The molecular formula is C61H52N2. The van der Waals surface area contributed by atoms with Crippen LogP contribution in [0, 0.1) is 0 Å². The Morgan fingerprint density at radius 1 is 0.524 bits per heavy atom. The third-order valence-electron chi connectivity index (χ3n) is 14.7. The molecular weight excluding hydrogens is 761 g/mol. The van der Waals surface area contributed by atoms with Crippen molar-refractivity contribution in [1.82, 2.24) is 4.57 Å². The molecule has 1 saturated carbocycles. The van der Waals surface area contributed by atoms with E-state index in [4.69, 9.17) is 0 Å². The van der Waals surface area contributed by atoms with Crippen LogP contribution < -0.4 is 15.3 Å². The van der Waals surface area contributed by atoms with E-state index in [1.165, 1.54) is 126 Å². The summed E-state index contributed by atoms with van der Waals surface area (Å²) in [6, 6.07) is 68.5. The summed E-state index contributed by atoms with van der Waals surface area (Å²) in [4.78, 5) is 2.58. The summed E-state index contributed by atoms with van der Waals surface area (Å²) in [5.74, 6) is 0.610. The Morgan fingerprint density at radius 2 is 1.21 bits per heavy atom. The summed E-state index contributed by atoms with van der Waals surface area (Å²) in [6.07, 6.45) is 11.1. The molecule has 12 rings (SSSR count). The monoisotopic (exact) mass is 812 g/mol. The zero-order valence-corrected chi connectivity index (χ0v) is 36.3. The summed E-state index contributed by atoms with van der Waals surface area (Å²) in [6.45, 7) is 4.77. The molecule has 63 heavy (non-hydrogen) atoms. The molecule has 0 saturated heterocycles. The molecule has 1 fully saturated rings. The number of aromatic nitrogens is 1. The van der Waals surface area contributed by atoms with Crippen LogP contribution in [0.25, 0.3) is 61.4 Å². The Hall–Kier alpha value is -6.90. The van der Waals surface area contributed by atoms with Gasteiger partial charge in [-0.25, -0.2) is 0 Å². The lowest BCUT2D eigenvalue weighted by Gasteiger charge is -2.31. The molecule has 0 spiro atoms. The number of hydrogen-bond acceptors (Lipinski definition) is 1. The van der Waals surface area contributed by atoms with Gasteiger partial charge in [-0.05, 0) is 136 Å². The van der Waals surface area contributed by atoms with E-state index in [1.807, 2.05) is 0 Å². The maximum absolute atomic E-state index is 2.58. The van der Waals surface area contributed by atoms with Crippen LogP contribution >= 0.6 is 0 Å². The van der Waals surface area contributed by atoms with Gasteiger partial charge in [0.2, 0.25) is 0 Å². The number of benzene rings is 8. The lowest BCUT2D eigenvalue weighted by atomic mass is 9.80. The van der Waals surface area contributed by atoms with Gasteiger partial charge in [-0.3, -0.25) is 0 Å². The van der Waals surface area contributed by atoms with Crippen LogP contribution in [0.15, 0.2) is 182 Å². The number of anilines is 3. The van der Waals surface area contributed by atoms with E-state index in [0.717, 1.165) is 18.5 Å². The maximum atomic E-state index is 2.58. The van der Waals surface area contributed by atoms with Crippen molar-refractivity contribution in [3.63, 3.8) is 0 Å². The minimum absolute atomic E-state index is 0.0980. The predicted octanol–water partition coefficient (Wildman–Crippen LogP) is 15.0. The third kappa shape index (κ3) is 6.14. The normalized spacial score (nSPS) is 15.5. The number of hydrogen-bond donors (Lipinski definition) is 0. The van der Waals surface area contributed by atoms with Crippen molar-refractivity contribution in [2.24, 2.45) is 0 Å². The number of fused-ring (bicyclic) bond motifs is 7. The summed E-state index contributed by atoms with van der Waals surface area (Å²) in [5, 5.41) is 5.38. The van der Waals surface area contributed by atoms with Crippen molar-refractivity contribution in [3.05, 3.63) is 215 Å². The zero-order valence-electron chi connectivity index (χ0n) is 36.3. The molecule has 2 nitrogen and oxygen atoms in total. The minimum atomic E-state index is -0.0980. The highest BCUT2D eigenvalue weighted by atomic mass is 15.1. The molecule has 1 heterocycles. The first kappa shape index (κ1) is 37.8. The predicted molar refractivity (Wildman–Crippen MR) is 266 cm³/mol. The average Bonchev–Trinajstić information content (AvgIpc) is 3.79. The van der Waals surface area contributed by atoms with Crippen LogP contribution in [-0.2, 0) is 5.41 Å². The van der Waals surface area contributed by atoms with Crippen molar-refractivity contribution >= 4 is 50.5 Å². The van der Waals surface area contributed by atoms with Gasteiger partial charge in [0.25, 0.3) is 0 Å². The highest BCUT2D eigenvalue weighted by Gasteiger charge is 2.35. The number of para-hydroxylation sites is 4. The lowest BCUT2D eigenvalue weighted by molar-refractivity contribution is 0.442. The Morgan fingerprint density at radius 3 is 2.05 bits per heavy atom. The van der Waals surface area contributed by atoms with E-state index in [9.17, 15) is 0 Å². The van der Waals surface area contributed by atoms with Crippen LogP contribution in [0.4, 0.5) is 17.1 Å². The molecule has 0 aliphatic heterocycles. The lowest BCUT2D eigenvalue weighted by Crippen LogP contribution is -2.35. The van der Waals surface area contributed by atoms with E-state index in [2.05, 4.69) is 211 Å². The first-order valence-corrected chi connectivity index (χ1v) is 23.2. The molecule has 3 aliphatic rings. The van der Waals surface area contributed by atoms with E-state index >= 15 is 0 Å². The van der Waals surface area contributed by atoms with Crippen LogP contribution in [0.1, 0.15) is 87.0 Å². The van der Waals surface area contributed by atoms with Gasteiger partial charge in [-0.15, -0.1) is 0 Å². The van der Waals surface area contributed by atoms with E-state index in [1.54, 1.807) is 5.56 Å². The van der Waals surface area contributed by atoms with Gasteiger partial charge in [0.1, 0.15) is 0 Å². The first-order valence-electron chi connectivity index (χ1n) is 23.2. The second-order valence-electron chi connectivity index (χ2n) is 18.6. The van der Waals surface area contributed by atoms with E-state index in [0.29, 0.717) is 5.92 Å². The minimum Gasteiger partial charge on any atom is -0.309 e. The number of rotatable bonds is 7. The molecule has 0 N–H and O–H groups in total. The Balaban J connectivity index is 1.12. The van der Waals surface area contributed by atoms with Crippen molar-refractivity contribution in [2.45, 2.75) is 70.1 Å². The van der Waals surface area contributed by atoms with Gasteiger partial charge in [0, 0.05) is 38.7 Å². The van der Waals surface area contributed by atoms with Gasteiger partial charge in [0.05, 0.1) is 22.4 Å². The Bertz CT molecular complexity index is 3360. The second kappa shape index (κ2) is 15.2. The second-order valence-corrected chi connectivity index (χ2v) is 18.6. The van der Waals surface area contributed by atoms with Crippen molar-refractivity contribution < 1.29 is 0 Å². The fourth-order valence-electron chi connectivity index (χ4n) is 11.7. The maximum Gasteiger partial charge on any atom is 0.0542 e. The SMILES string of the molecule is CC1(C)c2ccccc2-c2ccc(-c3ccccc3N(c3ccc4c(c3)c3ccccc3n4-c3ccccc3)c3ccccc3C3=c4c(C5CCCCC5)cccc4=CCC3)cc21. The fourth-order valence-corrected chi connectivity index (χ4v) is 11.7. The molecule has 0 bridgehead atoms. The van der Waals surface area contributed by atoms with Crippen molar-refractivity contribution in [1.29, 1.82) is 0 Å². The van der Waals surface area contributed by atoms with E-state index in [-0.39, 0.29) is 5.41 Å². The number of nitrogens with zero attached hydrogens (tertiary/aromatic N) is 2. The fraction of sp³-hybridized carbons (Fsp3) is 0.180. The summed E-state index contributed by atoms with van der Waals surface area (Å²) >= 11 is 0. The summed E-state index contributed by atoms with van der Waals surface area (Å²) in [7, 11) is 0. The van der Waals surface area contributed by atoms with Crippen molar-refractivity contribution in [2.75, 3.05) is 4.90 Å². The summed E-state index contributed by atoms with van der Waals surface area (Å²) in [5.41, 5.74) is 19.3. The first-order chi connectivity index (χ1) is 31.0. The third-order valence-corrected chi connectivity index (χ3v) is 14.7. The molecule has 9 aromatic rings. The smallest absolute Gasteiger partial charge is 0.0542 e. The van der Waals surface area contributed by atoms with Crippen molar-refractivity contribution in [3.8, 4) is 27.9 Å². The van der Waals surface area contributed by atoms with Crippen LogP contribution in [0.5, 0.6) is 0 Å². The topological polar surface area (TPSA) is 8.17 Å². The highest BCUT2D eigenvalue weighted by molar-refractivity contribution is 6.11. The highest BCUT2D eigenvalue weighted by Crippen LogP contribution is 2.51. The van der Waals surface area contributed by atoms with Gasteiger partial charge in [-0.2, -0.15) is 0 Å². The zero-order chi connectivity index (χ0) is 42.1. The molecule has 0 unspecified atom stereocenters. The Labute approximate surface area is 371 Å². The molecule has 0 atom stereocenters. The molecule has 1 aromatic heterocycles. The summed E-state index contributed by atoms with van der Waals surface area (Å²) < 4.78 is 2.42. The average molecular weight is 813 g/mol. The molecule has 8 aromatic carbocycles. The standard InChI is InChI=1S/C61H52N2/c1-61(2)54-31-13-9-26-48(54)49-37-35-43(39-55(49)61)46-25-10-14-32-56(46)63(45-36-38-59-53(40-45)51-28-12-16-34-58(51)62(59)44-23-7-4-8-24-44)57-33-15-11-27-50(57)52-30-18-22-42-21-17-29-47(60(42)52)41-19-5-3-6-20-41/h4,7-17,21-29,31-41H,3,5-6,18-20,30H2,1-2H3. The van der Waals surface area contributed by atoms with Crippen LogP contribution in [-0.4, -0.2) is 4.57 Å².